The predicted octanol–water partition coefficient (Wildman–Crippen LogP) is -0.555. The summed E-state index contributed by atoms with van der Waals surface area (Å²) in [5.74, 6) is 0. The Kier molecular flexibility index (Phi) is 3.78. The molecule has 2 amide bonds. The van der Waals surface area contributed by atoms with Gasteiger partial charge in [-0.05, 0) is 10.4 Å². The van der Waals surface area contributed by atoms with Crippen molar-refractivity contribution in [3.8, 4) is 0 Å². The molecule has 0 spiro atoms. The second kappa shape index (κ2) is 4.42. The van der Waals surface area contributed by atoms with Crippen molar-refractivity contribution in [2.45, 2.75) is 0 Å². The van der Waals surface area contributed by atoms with Crippen molar-refractivity contribution < 1.29 is 9.59 Å². The van der Waals surface area contributed by atoms with Crippen molar-refractivity contribution in [2.24, 2.45) is 10.4 Å². The van der Waals surface area contributed by atoms with Crippen LogP contribution in [0, 0.1) is 0 Å². The second-order valence-electron chi connectivity index (χ2n) is 1.54. The van der Waals surface area contributed by atoms with E-state index < -0.39 is 0 Å². The molecule has 0 N–H and O–H groups in total. The van der Waals surface area contributed by atoms with Crippen LogP contribution >= 0.6 is 0 Å². The molecule has 6 nitrogen and oxygen atoms in total. The third-order valence-electron chi connectivity index (χ3n) is 0.627. The van der Waals surface area contributed by atoms with E-state index in [9.17, 15) is 9.59 Å². The molecule has 0 aromatic heterocycles. The van der Waals surface area contributed by atoms with Crippen LogP contribution in [0.2, 0.25) is 0 Å². The lowest BCUT2D eigenvalue weighted by atomic mass is 11.1. The van der Waals surface area contributed by atoms with Gasteiger partial charge in [0.25, 0.3) is 0 Å². The van der Waals surface area contributed by atoms with Gasteiger partial charge >= 0.3 is 0 Å². The molecule has 0 atom stereocenters. The van der Waals surface area contributed by atoms with E-state index in [1.165, 1.54) is 14.1 Å². The van der Waals surface area contributed by atoms with Crippen molar-refractivity contribution in [3.05, 3.63) is 0 Å². The fourth-order valence-corrected chi connectivity index (χ4v) is 0.168. The minimum atomic E-state index is 0.474. The maximum absolute atomic E-state index is 9.87. The van der Waals surface area contributed by atoms with Crippen molar-refractivity contribution in [1.29, 1.82) is 0 Å². The SMILES string of the molecule is CN(C=O)N=NN(C)C=O. The Labute approximate surface area is 58.1 Å². The van der Waals surface area contributed by atoms with Gasteiger partial charge in [-0.15, -0.1) is 0 Å². The summed E-state index contributed by atoms with van der Waals surface area (Å²) >= 11 is 0. The summed E-state index contributed by atoms with van der Waals surface area (Å²) in [6, 6.07) is 0. The molecular weight excluding hydrogens is 136 g/mol. The fraction of sp³-hybridized carbons (Fsp3) is 0.500. The molecule has 0 aromatic carbocycles. The number of nitrogens with zero attached hydrogens (tertiary/aromatic N) is 4. The molecular formula is C4H8N4O2. The molecule has 0 saturated heterocycles. The normalized spacial score (nSPS) is 9.40. The molecule has 0 rings (SSSR count). The smallest absolute Gasteiger partial charge is 0.231 e. The third kappa shape index (κ3) is 3.53. The van der Waals surface area contributed by atoms with Crippen molar-refractivity contribution in [1.82, 2.24) is 10.0 Å². The predicted molar refractivity (Wildman–Crippen MR) is 32.5 cm³/mol. The number of carbonyl (C=O) groups excluding carboxylic acids is 2. The Bertz CT molecular complexity index is 130. The van der Waals surface area contributed by atoms with Crippen LogP contribution in [0.5, 0.6) is 0 Å². The van der Waals surface area contributed by atoms with Crippen LogP contribution in [0.25, 0.3) is 0 Å². The van der Waals surface area contributed by atoms with E-state index in [0.29, 0.717) is 12.8 Å². The van der Waals surface area contributed by atoms with Crippen LogP contribution in [0.4, 0.5) is 0 Å². The maximum atomic E-state index is 9.87. The number of hydrogen-bond donors (Lipinski definition) is 0. The largest absolute Gasteiger partial charge is 0.277 e. The van der Waals surface area contributed by atoms with E-state index >= 15 is 0 Å². The van der Waals surface area contributed by atoms with E-state index in [1.54, 1.807) is 0 Å². The van der Waals surface area contributed by atoms with Gasteiger partial charge in [0.1, 0.15) is 0 Å². The van der Waals surface area contributed by atoms with Crippen molar-refractivity contribution in [2.75, 3.05) is 14.1 Å². The molecule has 0 aromatic rings. The Morgan fingerprint density at radius 2 is 1.30 bits per heavy atom. The fourth-order valence-electron chi connectivity index (χ4n) is 0.168. The highest BCUT2D eigenvalue weighted by Gasteiger charge is 1.87. The molecule has 0 unspecified atom stereocenters. The zero-order chi connectivity index (χ0) is 7.98. The first-order valence-corrected chi connectivity index (χ1v) is 2.48. The lowest BCUT2D eigenvalue weighted by Crippen LogP contribution is -2.11. The molecule has 0 radical (unpaired) electrons. The van der Waals surface area contributed by atoms with Crippen molar-refractivity contribution in [3.63, 3.8) is 0 Å². The van der Waals surface area contributed by atoms with Crippen LogP contribution in [-0.4, -0.2) is 36.9 Å². The summed E-state index contributed by atoms with van der Waals surface area (Å²) in [6.45, 7) is 0. The zero-order valence-corrected chi connectivity index (χ0v) is 5.76. The molecule has 6 heteroatoms. The highest BCUT2D eigenvalue weighted by atomic mass is 16.2. The van der Waals surface area contributed by atoms with Gasteiger partial charge in [-0.25, -0.2) is 10.0 Å². The number of rotatable bonds is 4. The second-order valence-corrected chi connectivity index (χ2v) is 1.54. The summed E-state index contributed by atoms with van der Waals surface area (Å²) in [7, 11) is 2.82. The van der Waals surface area contributed by atoms with Gasteiger partial charge in [0.05, 0.1) is 0 Å². The standard InChI is InChI=1S/C4H8N4O2/c1-7(3-9)5-6-8(2)4-10/h3-4H,1-2H3. The van der Waals surface area contributed by atoms with Crippen LogP contribution in [0.15, 0.2) is 10.4 Å². The van der Waals surface area contributed by atoms with E-state index in [0.717, 1.165) is 10.0 Å². The van der Waals surface area contributed by atoms with Gasteiger partial charge in [0.15, 0.2) is 0 Å². The monoisotopic (exact) mass is 144 g/mol. The maximum Gasteiger partial charge on any atom is 0.231 e. The van der Waals surface area contributed by atoms with Gasteiger partial charge < -0.3 is 0 Å². The summed E-state index contributed by atoms with van der Waals surface area (Å²) in [5.41, 5.74) is 0. The molecule has 10 heavy (non-hydrogen) atoms. The Morgan fingerprint density at radius 3 is 1.50 bits per heavy atom. The molecule has 0 aliphatic carbocycles. The molecule has 0 heterocycles. The first-order valence-electron chi connectivity index (χ1n) is 2.48. The van der Waals surface area contributed by atoms with Crippen molar-refractivity contribution >= 4 is 12.8 Å². The quantitative estimate of drug-likeness (QED) is 0.301. The van der Waals surface area contributed by atoms with E-state index in [4.69, 9.17) is 0 Å². The first-order chi connectivity index (χ1) is 4.70. The van der Waals surface area contributed by atoms with Crippen LogP contribution in [-0.2, 0) is 9.59 Å². The molecule has 0 aliphatic heterocycles. The van der Waals surface area contributed by atoms with Gasteiger partial charge in [0.2, 0.25) is 12.8 Å². The highest BCUT2D eigenvalue weighted by molar-refractivity contribution is 5.46. The van der Waals surface area contributed by atoms with Gasteiger partial charge in [-0.3, -0.25) is 9.59 Å². The van der Waals surface area contributed by atoms with E-state index in [-0.39, 0.29) is 0 Å². The van der Waals surface area contributed by atoms with Crippen LogP contribution in [0.1, 0.15) is 0 Å². The molecule has 0 saturated carbocycles. The first kappa shape index (κ1) is 8.54. The van der Waals surface area contributed by atoms with Gasteiger partial charge in [-0.1, -0.05) is 0 Å². The number of amides is 2. The Hall–Kier alpha value is -1.46. The number of carbonyl (C=O) groups is 2. The molecule has 0 fully saturated rings. The lowest BCUT2D eigenvalue weighted by Gasteiger charge is -2.01. The summed E-state index contributed by atoms with van der Waals surface area (Å²) < 4.78 is 0. The average molecular weight is 144 g/mol. The van der Waals surface area contributed by atoms with Gasteiger partial charge in [-0.2, -0.15) is 0 Å². The van der Waals surface area contributed by atoms with E-state index in [2.05, 4.69) is 10.4 Å². The van der Waals surface area contributed by atoms with Crippen LogP contribution < -0.4 is 0 Å². The molecule has 56 valence electrons. The number of hydrogen-bond acceptors (Lipinski definition) is 4. The summed E-state index contributed by atoms with van der Waals surface area (Å²) in [5, 5.41) is 8.49. The lowest BCUT2D eigenvalue weighted by molar-refractivity contribution is -0.120. The summed E-state index contributed by atoms with van der Waals surface area (Å²) in [4.78, 5) is 19.7. The third-order valence-corrected chi connectivity index (χ3v) is 0.627. The summed E-state index contributed by atoms with van der Waals surface area (Å²) in [6.07, 6.45) is 0.949. The van der Waals surface area contributed by atoms with Gasteiger partial charge in [0, 0.05) is 14.1 Å². The van der Waals surface area contributed by atoms with Crippen LogP contribution in [0.3, 0.4) is 0 Å². The van der Waals surface area contributed by atoms with E-state index in [1.807, 2.05) is 0 Å². The topological polar surface area (TPSA) is 65.3 Å². The minimum Gasteiger partial charge on any atom is -0.277 e. The Balaban J connectivity index is 3.73. The molecule has 0 bridgehead atoms. The Morgan fingerprint density at radius 1 is 1.00 bits per heavy atom. The minimum absolute atomic E-state index is 0.474. The average Bonchev–Trinajstić information content (AvgIpc) is 1.99. The highest BCUT2D eigenvalue weighted by Crippen LogP contribution is 1.82. The zero-order valence-electron chi connectivity index (χ0n) is 5.76. The molecule has 0 aliphatic rings.